The first kappa shape index (κ1) is 12.8. The minimum Gasteiger partial charge on any atom is -0.309 e. The molecule has 0 aromatic heterocycles. The lowest BCUT2D eigenvalue weighted by atomic mass is 10.2. The molecule has 0 amide bonds. The zero-order valence-corrected chi connectivity index (χ0v) is 8.69. The molecule has 0 saturated heterocycles. The summed E-state index contributed by atoms with van der Waals surface area (Å²) in [5.74, 6) is 0. The SMILES string of the molecule is CC(NCCCCN(C)C)C(F)F. The summed E-state index contributed by atoms with van der Waals surface area (Å²) in [4.78, 5) is 2.09. The van der Waals surface area contributed by atoms with Crippen molar-refractivity contribution in [2.45, 2.75) is 32.2 Å². The van der Waals surface area contributed by atoms with Crippen LogP contribution in [-0.4, -0.2) is 44.6 Å². The van der Waals surface area contributed by atoms with Crippen molar-refractivity contribution < 1.29 is 8.78 Å². The molecule has 0 aliphatic rings. The van der Waals surface area contributed by atoms with Gasteiger partial charge < -0.3 is 10.2 Å². The Balaban J connectivity index is 3.16. The van der Waals surface area contributed by atoms with Gasteiger partial charge in [-0.3, -0.25) is 0 Å². The van der Waals surface area contributed by atoms with E-state index in [1.807, 2.05) is 14.1 Å². The molecule has 13 heavy (non-hydrogen) atoms. The second-order valence-corrected chi connectivity index (χ2v) is 3.59. The van der Waals surface area contributed by atoms with Crippen LogP contribution in [0.25, 0.3) is 0 Å². The standard InChI is InChI=1S/C9H20F2N2/c1-8(9(10)11)12-6-4-5-7-13(2)3/h8-9,12H,4-7H2,1-3H3. The van der Waals surface area contributed by atoms with Crippen molar-refractivity contribution in [1.82, 2.24) is 10.2 Å². The Labute approximate surface area is 79.3 Å². The van der Waals surface area contributed by atoms with Crippen molar-refractivity contribution in [3.05, 3.63) is 0 Å². The third-order valence-electron chi connectivity index (χ3n) is 1.88. The normalized spacial score (nSPS) is 14.1. The monoisotopic (exact) mass is 194 g/mol. The van der Waals surface area contributed by atoms with Gasteiger partial charge in [0.05, 0.1) is 6.04 Å². The van der Waals surface area contributed by atoms with Crippen molar-refractivity contribution in [3.63, 3.8) is 0 Å². The number of halogens is 2. The molecular weight excluding hydrogens is 174 g/mol. The first-order chi connectivity index (χ1) is 6.04. The van der Waals surface area contributed by atoms with Gasteiger partial charge in [-0.25, -0.2) is 8.78 Å². The van der Waals surface area contributed by atoms with Gasteiger partial charge in [0, 0.05) is 0 Å². The first-order valence-corrected chi connectivity index (χ1v) is 4.70. The van der Waals surface area contributed by atoms with Crippen molar-refractivity contribution >= 4 is 0 Å². The van der Waals surface area contributed by atoms with Crippen LogP contribution in [0.5, 0.6) is 0 Å². The smallest absolute Gasteiger partial charge is 0.253 e. The van der Waals surface area contributed by atoms with Crippen LogP contribution >= 0.6 is 0 Å². The molecule has 1 atom stereocenters. The molecule has 0 saturated carbocycles. The summed E-state index contributed by atoms with van der Waals surface area (Å²) in [6.07, 6.45) is -0.251. The highest BCUT2D eigenvalue weighted by Gasteiger charge is 2.12. The van der Waals surface area contributed by atoms with Crippen molar-refractivity contribution in [3.8, 4) is 0 Å². The molecule has 4 heteroatoms. The van der Waals surface area contributed by atoms with E-state index < -0.39 is 12.5 Å². The predicted octanol–water partition coefficient (Wildman–Crippen LogP) is 1.57. The maximum absolute atomic E-state index is 12.0. The molecule has 0 bridgehead atoms. The highest BCUT2D eigenvalue weighted by molar-refractivity contribution is 4.62. The first-order valence-electron chi connectivity index (χ1n) is 4.70. The fourth-order valence-corrected chi connectivity index (χ4v) is 0.972. The second-order valence-electron chi connectivity index (χ2n) is 3.59. The number of rotatable bonds is 7. The quantitative estimate of drug-likeness (QED) is 0.619. The van der Waals surface area contributed by atoms with Crippen molar-refractivity contribution in [2.24, 2.45) is 0 Å². The number of hydrogen-bond acceptors (Lipinski definition) is 2. The molecule has 0 aliphatic heterocycles. The van der Waals surface area contributed by atoms with Crippen molar-refractivity contribution in [1.29, 1.82) is 0 Å². The lowest BCUT2D eigenvalue weighted by Gasteiger charge is -2.13. The Morgan fingerprint density at radius 3 is 2.31 bits per heavy atom. The van der Waals surface area contributed by atoms with E-state index >= 15 is 0 Å². The molecule has 0 aliphatic carbocycles. The van der Waals surface area contributed by atoms with Crippen LogP contribution in [0.1, 0.15) is 19.8 Å². The molecule has 1 N–H and O–H groups in total. The summed E-state index contributed by atoms with van der Waals surface area (Å²) >= 11 is 0. The van der Waals surface area contributed by atoms with Crippen molar-refractivity contribution in [2.75, 3.05) is 27.2 Å². The van der Waals surface area contributed by atoms with Crippen LogP contribution in [0.4, 0.5) is 8.78 Å². The molecule has 0 spiro atoms. The van der Waals surface area contributed by atoms with Gasteiger partial charge >= 0.3 is 0 Å². The third kappa shape index (κ3) is 8.12. The molecule has 0 aromatic carbocycles. The maximum atomic E-state index is 12.0. The van der Waals surface area contributed by atoms with E-state index in [0.29, 0.717) is 6.54 Å². The zero-order chi connectivity index (χ0) is 10.3. The van der Waals surface area contributed by atoms with Gasteiger partial charge in [-0.15, -0.1) is 0 Å². The van der Waals surface area contributed by atoms with E-state index in [1.54, 1.807) is 0 Å². The van der Waals surface area contributed by atoms with Gasteiger partial charge in [-0.1, -0.05) is 0 Å². The lowest BCUT2D eigenvalue weighted by Crippen LogP contribution is -2.33. The van der Waals surface area contributed by atoms with Gasteiger partial charge in [0.1, 0.15) is 0 Å². The average molecular weight is 194 g/mol. The van der Waals surface area contributed by atoms with E-state index in [4.69, 9.17) is 0 Å². The van der Waals surface area contributed by atoms with E-state index in [1.165, 1.54) is 6.92 Å². The topological polar surface area (TPSA) is 15.3 Å². The van der Waals surface area contributed by atoms with Gasteiger partial charge in [-0.2, -0.15) is 0 Å². The van der Waals surface area contributed by atoms with E-state index in [0.717, 1.165) is 19.4 Å². The van der Waals surface area contributed by atoms with Gasteiger partial charge in [0.25, 0.3) is 6.43 Å². The fraction of sp³-hybridized carbons (Fsp3) is 1.00. The van der Waals surface area contributed by atoms with Crippen LogP contribution in [0.2, 0.25) is 0 Å². The second kappa shape index (κ2) is 7.21. The maximum Gasteiger partial charge on any atom is 0.253 e. The number of hydrogen-bond donors (Lipinski definition) is 1. The van der Waals surface area contributed by atoms with Gasteiger partial charge in [-0.05, 0) is 47.0 Å². The van der Waals surface area contributed by atoms with Crippen LogP contribution in [0, 0.1) is 0 Å². The molecule has 0 heterocycles. The molecule has 2 nitrogen and oxygen atoms in total. The summed E-state index contributed by atoms with van der Waals surface area (Å²) in [6, 6.07) is -0.681. The summed E-state index contributed by atoms with van der Waals surface area (Å²) < 4.78 is 24.0. The highest BCUT2D eigenvalue weighted by atomic mass is 19.3. The number of nitrogens with one attached hydrogen (secondary N) is 1. The summed E-state index contributed by atoms with van der Waals surface area (Å²) in [5.41, 5.74) is 0. The van der Waals surface area contributed by atoms with Crippen LogP contribution < -0.4 is 5.32 Å². The van der Waals surface area contributed by atoms with E-state index in [-0.39, 0.29) is 0 Å². The summed E-state index contributed by atoms with van der Waals surface area (Å²) in [6.45, 7) is 3.21. The predicted molar refractivity (Wildman–Crippen MR) is 51.3 cm³/mol. The fourth-order valence-electron chi connectivity index (χ4n) is 0.972. The molecule has 0 rings (SSSR count). The molecule has 0 radical (unpaired) electrons. The van der Waals surface area contributed by atoms with Crippen LogP contribution in [0.3, 0.4) is 0 Å². The minimum atomic E-state index is -2.26. The third-order valence-corrected chi connectivity index (χ3v) is 1.88. The van der Waals surface area contributed by atoms with E-state index in [2.05, 4.69) is 10.2 Å². The molecule has 80 valence electrons. The Morgan fingerprint density at radius 2 is 1.85 bits per heavy atom. The summed E-state index contributed by atoms with van der Waals surface area (Å²) in [7, 11) is 4.02. The zero-order valence-electron chi connectivity index (χ0n) is 8.69. The van der Waals surface area contributed by atoms with Crippen LogP contribution in [0.15, 0.2) is 0 Å². The Morgan fingerprint density at radius 1 is 1.23 bits per heavy atom. The Kier molecular flexibility index (Phi) is 7.09. The molecular formula is C9H20F2N2. The molecule has 0 fully saturated rings. The number of alkyl halides is 2. The van der Waals surface area contributed by atoms with Gasteiger partial charge in [0.2, 0.25) is 0 Å². The highest BCUT2D eigenvalue weighted by Crippen LogP contribution is 1.99. The molecule has 0 aromatic rings. The number of nitrogens with zero attached hydrogens (tertiary/aromatic N) is 1. The summed E-state index contributed by atoms with van der Waals surface area (Å²) in [5, 5.41) is 2.79. The Bertz CT molecular complexity index is 118. The largest absolute Gasteiger partial charge is 0.309 e. The van der Waals surface area contributed by atoms with E-state index in [9.17, 15) is 8.78 Å². The number of unbranched alkanes of at least 4 members (excludes halogenated alkanes) is 1. The average Bonchev–Trinajstić information content (AvgIpc) is 2.02. The lowest BCUT2D eigenvalue weighted by molar-refractivity contribution is 0.106. The minimum absolute atomic E-state index is 0.680. The van der Waals surface area contributed by atoms with Crippen LogP contribution in [-0.2, 0) is 0 Å². The van der Waals surface area contributed by atoms with Gasteiger partial charge in [0.15, 0.2) is 0 Å². The molecule has 1 unspecified atom stereocenters. The Hall–Kier alpha value is -0.220.